The van der Waals surface area contributed by atoms with Crippen molar-refractivity contribution in [1.82, 2.24) is 5.32 Å². The molecule has 7 heteroatoms. The van der Waals surface area contributed by atoms with Crippen LogP contribution in [0, 0.1) is 17.8 Å². The topological polar surface area (TPSA) is 75.4 Å². The molecule has 23 heavy (non-hydrogen) atoms. The highest BCUT2D eigenvalue weighted by Crippen LogP contribution is 2.54. The molecule has 1 aliphatic heterocycles. The summed E-state index contributed by atoms with van der Waals surface area (Å²) in [6.45, 7) is 0.739. The smallest absolute Gasteiger partial charge is 0.380 e. The van der Waals surface area contributed by atoms with Crippen LogP contribution in [0.1, 0.15) is 51.4 Å². The van der Waals surface area contributed by atoms with E-state index in [2.05, 4.69) is 5.32 Å². The van der Waals surface area contributed by atoms with Gasteiger partial charge in [0.1, 0.15) is 0 Å². The fraction of sp³-hybridized carbons (Fsp3) is 0.938. The second-order valence-electron chi connectivity index (χ2n) is 7.69. The van der Waals surface area contributed by atoms with Crippen LogP contribution >= 0.6 is 0 Å². The number of piperidine rings is 1. The number of hydrogen-bond acceptors (Lipinski definition) is 3. The first-order chi connectivity index (χ1) is 10.7. The second-order valence-corrected chi connectivity index (χ2v) is 7.69. The highest BCUT2D eigenvalue weighted by atomic mass is 19.4. The SMILES string of the molecule is NC(=O)C1CCNC2(CCC2C2CCC(O)(C(F)(F)F)CC2)C1. The van der Waals surface area contributed by atoms with Gasteiger partial charge >= 0.3 is 6.18 Å². The molecule has 0 aromatic rings. The van der Waals surface area contributed by atoms with Crippen molar-refractivity contribution in [2.75, 3.05) is 6.54 Å². The lowest BCUT2D eigenvalue weighted by Gasteiger charge is -2.58. The zero-order valence-electron chi connectivity index (χ0n) is 13.2. The largest absolute Gasteiger partial charge is 0.417 e. The first kappa shape index (κ1) is 17.0. The first-order valence-corrected chi connectivity index (χ1v) is 8.50. The van der Waals surface area contributed by atoms with Crippen LogP contribution < -0.4 is 11.1 Å². The fourth-order valence-electron chi connectivity index (χ4n) is 4.97. The van der Waals surface area contributed by atoms with E-state index in [0.29, 0.717) is 25.2 Å². The van der Waals surface area contributed by atoms with Gasteiger partial charge in [0, 0.05) is 11.5 Å². The van der Waals surface area contributed by atoms with Gasteiger partial charge in [-0.25, -0.2) is 0 Å². The molecule has 1 spiro atoms. The molecule has 4 N–H and O–H groups in total. The Labute approximate surface area is 134 Å². The van der Waals surface area contributed by atoms with Crippen LogP contribution in [0.5, 0.6) is 0 Å². The molecule has 1 amide bonds. The van der Waals surface area contributed by atoms with Gasteiger partial charge in [-0.1, -0.05) is 0 Å². The van der Waals surface area contributed by atoms with E-state index in [-0.39, 0.29) is 36.1 Å². The maximum atomic E-state index is 12.9. The molecule has 3 fully saturated rings. The number of halogens is 3. The molecule has 2 saturated carbocycles. The zero-order chi connectivity index (χ0) is 16.9. The Bertz CT molecular complexity index is 474. The summed E-state index contributed by atoms with van der Waals surface area (Å²) in [5.74, 6) is 0.0781. The van der Waals surface area contributed by atoms with Crippen molar-refractivity contribution in [2.45, 2.75) is 68.7 Å². The number of rotatable bonds is 2. The van der Waals surface area contributed by atoms with E-state index in [1.165, 1.54) is 0 Å². The Morgan fingerprint density at radius 3 is 2.26 bits per heavy atom. The molecule has 3 unspecified atom stereocenters. The predicted octanol–water partition coefficient (Wildman–Crippen LogP) is 2.10. The summed E-state index contributed by atoms with van der Waals surface area (Å²) in [5, 5.41) is 13.3. The molecular formula is C16H25F3N2O2. The number of amides is 1. The predicted molar refractivity (Wildman–Crippen MR) is 78.3 cm³/mol. The van der Waals surface area contributed by atoms with E-state index in [9.17, 15) is 23.1 Å². The van der Waals surface area contributed by atoms with Gasteiger partial charge < -0.3 is 16.2 Å². The number of nitrogens with two attached hydrogens (primary N) is 1. The van der Waals surface area contributed by atoms with E-state index < -0.39 is 11.8 Å². The van der Waals surface area contributed by atoms with Crippen molar-refractivity contribution in [3.05, 3.63) is 0 Å². The molecule has 0 aromatic heterocycles. The summed E-state index contributed by atoms with van der Waals surface area (Å²) < 4.78 is 38.8. The van der Waals surface area contributed by atoms with E-state index in [0.717, 1.165) is 25.8 Å². The molecule has 0 bridgehead atoms. The van der Waals surface area contributed by atoms with Crippen LogP contribution in [-0.2, 0) is 4.79 Å². The van der Waals surface area contributed by atoms with Crippen molar-refractivity contribution in [3.63, 3.8) is 0 Å². The summed E-state index contributed by atoms with van der Waals surface area (Å²) in [6, 6.07) is 0. The molecule has 3 rings (SSSR count). The summed E-state index contributed by atoms with van der Waals surface area (Å²) in [5.41, 5.74) is 2.80. The molecule has 3 atom stereocenters. The summed E-state index contributed by atoms with van der Waals surface area (Å²) in [4.78, 5) is 11.5. The van der Waals surface area contributed by atoms with Gasteiger partial charge in [0.15, 0.2) is 5.60 Å². The highest BCUT2D eigenvalue weighted by Gasteiger charge is 2.58. The normalized spacial score (nSPS) is 44.8. The number of carbonyl (C=O) groups is 1. The zero-order valence-corrected chi connectivity index (χ0v) is 13.2. The van der Waals surface area contributed by atoms with Crippen molar-refractivity contribution in [2.24, 2.45) is 23.5 Å². The summed E-state index contributed by atoms with van der Waals surface area (Å²) in [6.07, 6.45) is -0.809. The Hall–Kier alpha value is -0.820. The van der Waals surface area contributed by atoms with Crippen molar-refractivity contribution >= 4 is 5.91 Å². The maximum absolute atomic E-state index is 12.9. The monoisotopic (exact) mass is 334 g/mol. The minimum atomic E-state index is -4.55. The minimum Gasteiger partial charge on any atom is -0.380 e. The lowest BCUT2D eigenvalue weighted by molar-refractivity contribution is -0.274. The third-order valence-electron chi connectivity index (χ3n) is 6.55. The van der Waals surface area contributed by atoms with Crippen molar-refractivity contribution in [3.8, 4) is 0 Å². The van der Waals surface area contributed by atoms with Gasteiger partial charge in [-0.05, 0) is 69.7 Å². The number of alkyl halides is 3. The van der Waals surface area contributed by atoms with Crippen LogP contribution in [0.3, 0.4) is 0 Å². The number of nitrogens with one attached hydrogen (secondary N) is 1. The molecular weight excluding hydrogens is 309 g/mol. The van der Waals surface area contributed by atoms with E-state index in [1.807, 2.05) is 0 Å². The quantitative estimate of drug-likeness (QED) is 0.724. The Kier molecular flexibility index (Phi) is 4.16. The summed E-state index contributed by atoms with van der Waals surface area (Å²) in [7, 11) is 0. The van der Waals surface area contributed by atoms with Crippen LogP contribution in [0.2, 0.25) is 0 Å². The molecule has 1 heterocycles. The molecule has 4 nitrogen and oxygen atoms in total. The van der Waals surface area contributed by atoms with Crippen LogP contribution in [0.25, 0.3) is 0 Å². The fourth-order valence-corrected chi connectivity index (χ4v) is 4.97. The Balaban J connectivity index is 1.64. The van der Waals surface area contributed by atoms with Crippen LogP contribution in [-0.4, -0.2) is 34.9 Å². The molecule has 132 valence electrons. The number of aliphatic hydroxyl groups is 1. The third-order valence-corrected chi connectivity index (χ3v) is 6.55. The van der Waals surface area contributed by atoms with Gasteiger partial charge in [0.2, 0.25) is 5.91 Å². The van der Waals surface area contributed by atoms with Gasteiger partial charge in [0.25, 0.3) is 0 Å². The van der Waals surface area contributed by atoms with Gasteiger partial charge in [-0.2, -0.15) is 13.2 Å². The molecule has 1 saturated heterocycles. The molecule has 0 radical (unpaired) electrons. The number of hydrogen-bond donors (Lipinski definition) is 3. The average Bonchev–Trinajstić information content (AvgIpc) is 2.47. The third kappa shape index (κ3) is 2.86. The lowest BCUT2D eigenvalue weighted by Crippen LogP contribution is -2.65. The van der Waals surface area contributed by atoms with E-state index >= 15 is 0 Å². The molecule has 2 aliphatic carbocycles. The molecule has 0 aromatic carbocycles. The number of primary amides is 1. The van der Waals surface area contributed by atoms with E-state index in [1.54, 1.807) is 0 Å². The van der Waals surface area contributed by atoms with Crippen LogP contribution in [0.4, 0.5) is 13.2 Å². The van der Waals surface area contributed by atoms with Gasteiger partial charge in [-0.15, -0.1) is 0 Å². The minimum absolute atomic E-state index is 0.129. The van der Waals surface area contributed by atoms with Crippen molar-refractivity contribution in [1.29, 1.82) is 0 Å². The highest BCUT2D eigenvalue weighted by molar-refractivity contribution is 5.77. The van der Waals surface area contributed by atoms with E-state index in [4.69, 9.17) is 5.73 Å². The Morgan fingerprint density at radius 1 is 1.13 bits per heavy atom. The average molecular weight is 334 g/mol. The van der Waals surface area contributed by atoms with Crippen molar-refractivity contribution < 1.29 is 23.1 Å². The Morgan fingerprint density at radius 2 is 1.78 bits per heavy atom. The first-order valence-electron chi connectivity index (χ1n) is 8.50. The second kappa shape index (κ2) is 5.62. The lowest BCUT2D eigenvalue weighted by atomic mass is 9.54. The van der Waals surface area contributed by atoms with Crippen LogP contribution in [0.15, 0.2) is 0 Å². The number of carbonyl (C=O) groups excluding carboxylic acids is 1. The summed E-state index contributed by atoms with van der Waals surface area (Å²) >= 11 is 0. The molecule has 3 aliphatic rings. The van der Waals surface area contributed by atoms with Gasteiger partial charge in [0.05, 0.1) is 0 Å². The maximum Gasteiger partial charge on any atom is 0.417 e. The van der Waals surface area contributed by atoms with Gasteiger partial charge in [-0.3, -0.25) is 4.79 Å². The standard InChI is InChI=1S/C16H25F3N2O2/c17-16(18,19)15(23)6-1-10(2-7-15)12-3-5-14(12)9-11(13(20)22)4-8-21-14/h10-12,21,23H,1-9H2,(H2,20,22).